The molecule has 0 radical (unpaired) electrons. The smallest absolute Gasteiger partial charge is 0.312 e. The van der Waals surface area contributed by atoms with Gasteiger partial charge < -0.3 is 15.5 Å². The molecule has 1 aliphatic rings. The zero-order valence-corrected chi connectivity index (χ0v) is 15.6. The van der Waals surface area contributed by atoms with Gasteiger partial charge in [0.1, 0.15) is 11.4 Å². The third-order valence-corrected chi connectivity index (χ3v) is 4.26. The molecule has 0 atom stereocenters. The minimum Gasteiger partial charge on any atom is -0.356 e. The summed E-state index contributed by atoms with van der Waals surface area (Å²) in [6.07, 6.45) is 1.20. The third kappa shape index (κ3) is 6.26. The van der Waals surface area contributed by atoms with Crippen LogP contribution in [0.4, 0.5) is 5.69 Å². The van der Waals surface area contributed by atoms with E-state index < -0.39 is 4.92 Å². The normalized spacial score (nSPS) is 14.8. The number of aromatic nitrogens is 2. The van der Waals surface area contributed by atoms with Crippen LogP contribution >= 0.6 is 12.4 Å². The maximum absolute atomic E-state index is 11.9. The van der Waals surface area contributed by atoms with Crippen LogP contribution in [0.25, 0.3) is 0 Å². The van der Waals surface area contributed by atoms with Gasteiger partial charge in [-0.15, -0.1) is 12.4 Å². The number of halogens is 1. The first-order valence-corrected chi connectivity index (χ1v) is 8.37. The first kappa shape index (κ1) is 21.3. The Bertz CT molecular complexity index is 586. The summed E-state index contributed by atoms with van der Waals surface area (Å²) >= 11 is 0. The number of carbonyl (C=O) groups excluding carboxylic acids is 1. The van der Waals surface area contributed by atoms with E-state index >= 15 is 0 Å². The van der Waals surface area contributed by atoms with Crippen LogP contribution in [0.15, 0.2) is 0 Å². The topological polar surface area (TPSA) is 105 Å². The minimum absolute atomic E-state index is 0. The number of nitrogens with one attached hydrogen (secondary N) is 2. The molecule has 1 aliphatic heterocycles. The Morgan fingerprint density at radius 2 is 2.00 bits per heavy atom. The van der Waals surface area contributed by atoms with Gasteiger partial charge in [-0.1, -0.05) is 0 Å². The van der Waals surface area contributed by atoms with Gasteiger partial charge in [-0.2, -0.15) is 5.10 Å². The number of carbonyl (C=O) groups is 1. The molecular weight excluding hydrogens is 348 g/mol. The van der Waals surface area contributed by atoms with Crippen LogP contribution in [0.1, 0.15) is 24.2 Å². The van der Waals surface area contributed by atoms with Crippen LogP contribution in [0.3, 0.4) is 0 Å². The second-order valence-corrected chi connectivity index (χ2v) is 6.04. The fraction of sp³-hybridized carbons (Fsp3) is 0.733. The van der Waals surface area contributed by atoms with E-state index in [1.807, 2.05) is 0 Å². The highest BCUT2D eigenvalue weighted by atomic mass is 35.5. The predicted molar refractivity (Wildman–Crippen MR) is 97.2 cm³/mol. The first-order chi connectivity index (χ1) is 11.5. The van der Waals surface area contributed by atoms with Crippen LogP contribution < -0.4 is 10.6 Å². The summed E-state index contributed by atoms with van der Waals surface area (Å²) in [7, 11) is 0. The third-order valence-electron chi connectivity index (χ3n) is 4.26. The van der Waals surface area contributed by atoms with Crippen LogP contribution in [0.5, 0.6) is 0 Å². The molecule has 142 valence electrons. The Hall–Kier alpha value is -1.71. The SMILES string of the molecule is Cc1nn(CCC(=O)NCCCN2CCNCC2)c(C)c1[N+](=O)[O-].Cl. The van der Waals surface area contributed by atoms with Crippen molar-refractivity contribution in [2.75, 3.05) is 39.3 Å². The van der Waals surface area contributed by atoms with E-state index in [1.54, 1.807) is 13.8 Å². The molecule has 2 heterocycles. The lowest BCUT2D eigenvalue weighted by Crippen LogP contribution is -2.44. The quantitative estimate of drug-likeness (QED) is 0.393. The first-order valence-electron chi connectivity index (χ1n) is 8.37. The highest BCUT2D eigenvalue weighted by molar-refractivity contribution is 5.85. The van der Waals surface area contributed by atoms with Crippen molar-refractivity contribution < 1.29 is 9.72 Å². The molecule has 0 spiro atoms. The van der Waals surface area contributed by atoms with Gasteiger partial charge in [0.15, 0.2) is 0 Å². The number of hydrogen-bond donors (Lipinski definition) is 2. The molecule has 10 heteroatoms. The lowest BCUT2D eigenvalue weighted by molar-refractivity contribution is -0.386. The van der Waals surface area contributed by atoms with E-state index in [0.717, 1.165) is 39.1 Å². The van der Waals surface area contributed by atoms with Gasteiger partial charge in [0.2, 0.25) is 5.91 Å². The van der Waals surface area contributed by atoms with Crippen molar-refractivity contribution in [3.8, 4) is 0 Å². The fourth-order valence-corrected chi connectivity index (χ4v) is 2.93. The lowest BCUT2D eigenvalue weighted by atomic mass is 10.3. The Morgan fingerprint density at radius 1 is 1.32 bits per heavy atom. The fourth-order valence-electron chi connectivity index (χ4n) is 2.93. The number of piperazine rings is 1. The Morgan fingerprint density at radius 3 is 2.60 bits per heavy atom. The molecule has 1 saturated heterocycles. The number of nitrogens with zero attached hydrogens (tertiary/aromatic N) is 4. The molecule has 0 bridgehead atoms. The molecule has 0 aliphatic carbocycles. The average Bonchev–Trinajstić information content (AvgIpc) is 2.84. The zero-order valence-electron chi connectivity index (χ0n) is 14.8. The number of nitro groups is 1. The zero-order chi connectivity index (χ0) is 17.5. The van der Waals surface area contributed by atoms with E-state index in [2.05, 4.69) is 20.6 Å². The summed E-state index contributed by atoms with van der Waals surface area (Å²) in [5.74, 6) is -0.0504. The van der Waals surface area contributed by atoms with Crippen LogP contribution in [-0.4, -0.2) is 64.8 Å². The maximum Gasteiger partial charge on any atom is 0.312 e. The molecule has 0 saturated carbocycles. The van der Waals surface area contributed by atoms with Crippen molar-refractivity contribution in [1.82, 2.24) is 25.3 Å². The standard InChI is InChI=1S/C15H26N6O3.ClH/c1-12-15(21(23)24)13(2)20(18-12)9-4-14(22)17-5-3-8-19-10-6-16-7-11-19;/h16H,3-11H2,1-2H3,(H,17,22);1H. The Kier molecular flexibility index (Phi) is 8.81. The second-order valence-electron chi connectivity index (χ2n) is 6.04. The molecule has 25 heavy (non-hydrogen) atoms. The maximum atomic E-state index is 11.9. The van der Waals surface area contributed by atoms with Gasteiger partial charge in [0.25, 0.3) is 0 Å². The van der Waals surface area contributed by atoms with Crippen LogP contribution in [-0.2, 0) is 11.3 Å². The molecular formula is C15H27ClN6O3. The number of aryl methyl sites for hydroxylation is 2. The summed E-state index contributed by atoms with van der Waals surface area (Å²) < 4.78 is 1.54. The van der Waals surface area contributed by atoms with Crippen molar-refractivity contribution in [3.63, 3.8) is 0 Å². The average molecular weight is 375 g/mol. The highest BCUT2D eigenvalue weighted by Gasteiger charge is 2.21. The summed E-state index contributed by atoms with van der Waals surface area (Å²) in [6.45, 7) is 9.44. The minimum atomic E-state index is -0.426. The second kappa shape index (κ2) is 10.3. The summed E-state index contributed by atoms with van der Waals surface area (Å²) in [5.41, 5.74) is 0.907. The molecule has 1 amide bonds. The van der Waals surface area contributed by atoms with E-state index in [9.17, 15) is 14.9 Å². The van der Waals surface area contributed by atoms with Gasteiger partial charge >= 0.3 is 5.69 Å². The Labute approximate surface area is 153 Å². The van der Waals surface area contributed by atoms with Crippen molar-refractivity contribution in [3.05, 3.63) is 21.5 Å². The van der Waals surface area contributed by atoms with Crippen molar-refractivity contribution in [2.24, 2.45) is 0 Å². The van der Waals surface area contributed by atoms with Gasteiger partial charge in [-0.05, 0) is 26.8 Å². The summed E-state index contributed by atoms with van der Waals surface area (Å²) in [5, 5.41) is 21.3. The number of hydrogen-bond acceptors (Lipinski definition) is 6. The Balaban J connectivity index is 0.00000312. The van der Waals surface area contributed by atoms with Gasteiger partial charge in [0, 0.05) is 39.1 Å². The van der Waals surface area contributed by atoms with E-state index in [0.29, 0.717) is 24.5 Å². The van der Waals surface area contributed by atoms with E-state index in [4.69, 9.17) is 0 Å². The predicted octanol–water partition coefficient (Wildman–Crippen LogP) is 0.632. The molecule has 1 aromatic heterocycles. The van der Waals surface area contributed by atoms with Gasteiger partial charge in [-0.25, -0.2) is 0 Å². The molecule has 9 nitrogen and oxygen atoms in total. The molecule has 0 unspecified atom stereocenters. The van der Waals surface area contributed by atoms with Crippen molar-refractivity contribution in [2.45, 2.75) is 33.2 Å². The molecule has 2 N–H and O–H groups in total. The largest absolute Gasteiger partial charge is 0.356 e. The highest BCUT2D eigenvalue weighted by Crippen LogP contribution is 2.21. The molecule has 2 rings (SSSR count). The van der Waals surface area contributed by atoms with E-state index in [-0.39, 0.29) is 30.4 Å². The summed E-state index contributed by atoms with van der Waals surface area (Å²) in [4.78, 5) is 24.8. The number of rotatable bonds is 8. The van der Waals surface area contributed by atoms with Gasteiger partial charge in [0.05, 0.1) is 11.5 Å². The number of amides is 1. The van der Waals surface area contributed by atoms with Crippen molar-refractivity contribution in [1.29, 1.82) is 0 Å². The van der Waals surface area contributed by atoms with E-state index in [1.165, 1.54) is 4.68 Å². The summed E-state index contributed by atoms with van der Waals surface area (Å²) in [6, 6.07) is 0. The van der Waals surface area contributed by atoms with Crippen molar-refractivity contribution >= 4 is 24.0 Å². The van der Waals surface area contributed by atoms with Crippen LogP contribution in [0.2, 0.25) is 0 Å². The van der Waals surface area contributed by atoms with Gasteiger partial charge in [-0.3, -0.25) is 19.6 Å². The van der Waals surface area contributed by atoms with Crippen LogP contribution in [0, 0.1) is 24.0 Å². The molecule has 0 aromatic carbocycles. The monoisotopic (exact) mass is 374 g/mol. The molecule has 1 aromatic rings. The molecule has 1 fully saturated rings. The lowest BCUT2D eigenvalue weighted by Gasteiger charge is -2.27.